The third-order valence-corrected chi connectivity index (χ3v) is 0.958. The second kappa shape index (κ2) is 3.40. The van der Waals surface area contributed by atoms with Crippen molar-refractivity contribution >= 4 is 17.9 Å². The van der Waals surface area contributed by atoms with Gasteiger partial charge in [-0.15, -0.1) is 0 Å². The Morgan fingerprint density at radius 1 is 1.73 bits per heavy atom. The molecular formula is C6H7N5. The van der Waals surface area contributed by atoms with Crippen molar-refractivity contribution in [2.24, 2.45) is 10.7 Å². The van der Waals surface area contributed by atoms with Crippen LogP contribution in [-0.4, -0.2) is 22.0 Å². The van der Waals surface area contributed by atoms with Crippen LogP contribution in [0.5, 0.6) is 0 Å². The van der Waals surface area contributed by atoms with E-state index in [0.717, 1.165) is 6.21 Å². The van der Waals surface area contributed by atoms with Crippen LogP contribution in [0.2, 0.25) is 0 Å². The Morgan fingerprint density at radius 3 is 3.09 bits per heavy atom. The smallest absolute Gasteiger partial charge is 0.157 e. The number of nitrogens with zero attached hydrogens (tertiary/aromatic N) is 3. The van der Waals surface area contributed by atoms with Crippen LogP contribution in [0.25, 0.3) is 0 Å². The van der Waals surface area contributed by atoms with Crippen LogP contribution in [-0.2, 0) is 0 Å². The highest BCUT2D eigenvalue weighted by Crippen LogP contribution is 2.01. The van der Waals surface area contributed by atoms with Gasteiger partial charge in [0.05, 0.1) is 6.21 Å². The van der Waals surface area contributed by atoms with Gasteiger partial charge in [0.15, 0.2) is 5.82 Å². The van der Waals surface area contributed by atoms with Crippen molar-refractivity contribution in [2.45, 2.75) is 0 Å². The molecule has 5 heteroatoms. The van der Waals surface area contributed by atoms with Crippen LogP contribution in [0.1, 0.15) is 0 Å². The zero-order valence-corrected chi connectivity index (χ0v) is 5.73. The fraction of sp³-hybridized carbons (Fsp3) is 0. The summed E-state index contributed by atoms with van der Waals surface area (Å²) in [7, 11) is 0. The topological polar surface area (TPSA) is 88.0 Å². The molecule has 1 aromatic heterocycles. The molecule has 0 unspecified atom stereocenters. The standard InChI is InChI=1S/C6H7N5/c7-3-5(8)11-6-1-2-9-4-10-6/h1-4,7H,(H2,8,9,10,11). The van der Waals surface area contributed by atoms with Crippen molar-refractivity contribution in [3.8, 4) is 0 Å². The predicted molar refractivity (Wildman–Crippen MR) is 42.1 cm³/mol. The van der Waals surface area contributed by atoms with Gasteiger partial charge < -0.3 is 11.1 Å². The molecule has 1 rings (SSSR count). The molecule has 56 valence electrons. The Kier molecular flexibility index (Phi) is 2.27. The molecule has 0 spiro atoms. The maximum atomic E-state index is 6.73. The molecule has 5 nitrogen and oxygen atoms in total. The largest absolute Gasteiger partial charge is 0.382 e. The molecule has 11 heavy (non-hydrogen) atoms. The van der Waals surface area contributed by atoms with E-state index in [4.69, 9.17) is 11.1 Å². The molecule has 0 saturated heterocycles. The van der Waals surface area contributed by atoms with E-state index in [-0.39, 0.29) is 5.84 Å². The fourth-order valence-corrected chi connectivity index (χ4v) is 0.514. The van der Waals surface area contributed by atoms with Gasteiger partial charge in [-0.1, -0.05) is 0 Å². The van der Waals surface area contributed by atoms with Gasteiger partial charge in [-0.2, -0.15) is 0 Å². The van der Waals surface area contributed by atoms with Gasteiger partial charge in [-0.3, -0.25) is 0 Å². The molecular weight excluding hydrogens is 142 g/mol. The highest BCUT2D eigenvalue weighted by molar-refractivity contribution is 6.27. The van der Waals surface area contributed by atoms with Gasteiger partial charge in [0.25, 0.3) is 0 Å². The average Bonchev–Trinajstić information content (AvgIpc) is 2.06. The molecule has 0 radical (unpaired) electrons. The molecule has 1 heterocycles. The van der Waals surface area contributed by atoms with Crippen LogP contribution in [0.3, 0.4) is 0 Å². The van der Waals surface area contributed by atoms with Crippen molar-refractivity contribution in [3.63, 3.8) is 0 Å². The molecule has 0 aromatic carbocycles. The lowest BCUT2D eigenvalue weighted by Gasteiger charge is -1.90. The number of aliphatic imine (C=N–C) groups is 1. The highest BCUT2D eigenvalue weighted by atomic mass is 15.0. The third-order valence-electron chi connectivity index (χ3n) is 0.958. The minimum Gasteiger partial charge on any atom is -0.382 e. The fourth-order valence-electron chi connectivity index (χ4n) is 0.514. The van der Waals surface area contributed by atoms with Gasteiger partial charge in [0.2, 0.25) is 0 Å². The minimum absolute atomic E-state index is 0.128. The maximum Gasteiger partial charge on any atom is 0.157 e. The van der Waals surface area contributed by atoms with Crippen molar-refractivity contribution < 1.29 is 0 Å². The number of hydrogen-bond donors (Lipinski definition) is 2. The van der Waals surface area contributed by atoms with Crippen molar-refractivity contribution in [2.75, 3.05) is 0 Å². The summed E-state index contributed by atoms with van der Waals surface area (Å²) in [4.78, 5) is 11.3. The second-order valence-corrected chi connectivity index (χ2v) is 1.75. The third kappa shape index (κ3) is 2.13. The van der Waals surface area contributed by atoms with Crippen LogP contribution in [0.15, 0.2) is 23.6 Å². The van der Waals surface area contributed by atoms with E-state index in [2.05, 4.69) is 15.0 Å². The van der Waals surface area contributed by atoms with Gasteiger partial charge in [0.1, 0.15) is 12.2 Å². The van der Waals surface area contributed by atoms with Gasteiger partial charge in [-0.05, 0) is 0 Å². The summed E-state index contributed by atoms with van der Waals surface area (Å²) in [6, 6.07) is 1.61. The molecule has 0 aliphatic carbocycles. The second-order valence-electron chi connectivity index (χ2n) is 1.75. The number of nitrogens with one attached hydrogen (secondary N) is 1. The molecule has 0 fully saturated rings. The quantitative estimate of drug-likeness (QED) is 0.462. The number of hydrogen-bond acceptors (Lipinski definition) is 4. The van der Waals surface area contributed by atoms with Crippen LogP contribution in [0, 0.1) is 5.41 Å². The summed E-state index contributed by atoms with van der Waals surface area (Å²) < 4.78 is 0. The Bertz CT molecular complexity index is 266. The SMILES string of the molecule is N=CC(N)=Nc1ccncn1. The zero-order chi connectivity index (χ0) is 8.10. The van der Waals surface area contributed by atoms with E-state index in [1.54, 1.807) is 12.3 Å². The first kappa shape index (κ1) is 7.33. The Hall–Kier alpha value is -1.78. The van der Waals surface area contributed by atoms with E-state index in [1.165, 1.54) is 6.33 Å². The summed E-state index contributed by atoms with van der Waals surface area (Å²) in [6.07, 6.45) is 3.89. The monoisotopic (exact) mass is 149 g/mol. The maximum absolute atomic E-state index is 6.73. The molecule has 0 atom stereocenters. The normalized spacial score (nSPS) is 11.1. The summed E-state index contributed by atoms with van der Waals surface area (Å²) in [5.41, 5.74) is 5.25. The van der Waals surface area contributed by atoms with Crippen molar-refractivity contribution in [1.29, 1.82) is 5.41 Å². The molecule has 0 bridgehead atoms. The molecule has 0 aliphatic heterocycles. The van der Waals surface area contributed by atoms with Crippen LogP contribution >= 0.6 is 0 Å². The lowest BCUT2D eigenvalue weighted by molar-refractivity contribution is 1.15. The van der Waals surface area contributed by atoms with Gasteiger partial charge >= 0.3 is 0 Å². The van der Waals surface area contributed by atoms with E-state index < -0.39 is 0 Å². The summed E-state index contributed by atoms with van der Waals surface area (Å²) in [6.45, 7) is 0. The molecule has 3 N–H and O–H groups in total. The molecule has 0 aliphatic rings. The zero-order valence-electron chi connectivity index (χ0n) is 5.73. The summed E-state index contributed by atoms with van der Waals surface area (Å²) in [5.74, 6) is 0.588. The van der Waals surface area contributed by atoms with Crippen molar-refractivity contribution in [3.05, 3.63) is 18.6 Å². The number of aromatic nitrogens is 2. The summed E-state index contributed by atoms with van der Waals surface area (Å²) in [5, 5.41) is 6.73. The Balaban J connectivity index is 2.87. The molecule has 0 amide bonds. The predicted octanol–water partition coefficient (Wildman–Crippen LogP) is 0.115. The summed E-state index contributed by atoms with van der Waals surface area (Å²) >= 11 is 0. The number of nitrogens with two attached hydrogens (primary N) is 1. The van der Waals surface area contributed by atoms with Crippen LogP contribution < -0.4 is 5.73 Å². The molecule has 0 saturated carbocycles. The first-order chi connectivity index (χ1) is 5.33. The van der Waals surface area contributed by atoms with Crippen LogP contribution in [0.4, 0.5) is 5.82 Å². The highest BCUT2D eigenvalue weighted by Gasteiger charge is 1.88. The number of rotatable bonds is 2. The van der Waals surface area contributed by atoms with E-state index >= 15 is 0 Å². The first-order valence-electron chi connectivity index (χ1n) is 2.93. The lowest BCUT2D eigenvalue weighted by atomic mass is 10.6. The minimum atomic E-state index is 0.128. The van der Waals surface area contributed by atoms with E-state index in [0.29, 0.717) is 5.82 Å². The van der Waals surface area contributed by atoms with Gasteiger partial charge in [-0.25, -0.2) is 15.0 Å². The Morgan fingerprint density at radius 2 is 2.55 bits per heavy atom. The molecule has 1 aromatic rings. The average molecular weight is 149 g/mol. The lowest BCUT2D eigenvalue weighted by Crippen LogP contribution is -2.11. The van der Waals surface area contributed by atoms with Gasteiger partial charge in [0, 0.05) is 12.3 Å². The first-order valence-corrected chi connectivity index (χ1v) is 2.93. The van der Waals surface area contributed by atoms with Crippen molar-refractivity contribution in [1.82, 2.24) is 9.97 Å². The number of amidine groups is 1. The van der Waals surface area contributed by atoms with E-state index in [9.17, 15) is 0 Å². The van der Waals surface area contributed by atoms with E-state index in [1.807, 2.05) is 0 Å². The Labute approximate surface area is 63.5 Å².